The van der Waals surface area contributed by atoms with Crippen molar-refractivity contribution in [2.45, 2.75) is 6.42 Å². The second-order valence-electron chi connectivity index (χ2n) is 6.06. The first kappa shape index (κ1) is 20.5. The number of ether oxygens (including phenoxy) is 1. The summed E-state index contributed by atoms with van der Waals surface area (Å²) >= 11 is 6.77. The molecule has 0 aliphatic carbocycles. The fourth-order valence-corrected chi connectivity index (χ4v) is 3.98. The number of anilines is 2. The first-order chi connectivity index (χ1) is 14.0. The zero-order chi connectivity index (χ0) is 20.8. The minimum atomic E-state index is -0.884. The van der Waals surface area contributed by atoms with Crippen LogP contribution in [0.2, 0.25) is 0 Å². The SMILES string of the molecule is COC(=O)c1cc(-c2ccccc2)sc1NC(=S)Nc1ccc(CC(=O)O)cc1. The van der Waals surface area contributed by atoms with Gasteiger partial charge in [0.25, 0.3) is 0 Å². The first-order valence-electron chi connectivity index (χ1n) is 8.62. The summed E-state index contributed by atoms with van der Waals surface area (Å²) in [4.78, 5) is 23.9. The van der Waals surface area contributed by atoms with E-state index in [0.717, 1.165) is 10.4 Å². The standard InChI is InChI=1S/C21H18N2O4S2/c1-27-20(26)16-12-17(14-5-3-2-4-6-14)29-19(16)23-21(28)22-15-9-7-13(8-10-15)11-18(24)25/h2-10,12H,11H2,1H3,(H,24,25)(H2,22,23,28). The third kappa shape index (κ3) is 5.40. The van der Waals surface area contributed by atoms with Crippen molar-refractivity contribution in [3.63, 3.8) is 0 Å². The van der Waals surface area contributed by atoms with Gasteiger partial charge in [-0.25, -0.2) is 4.79 Å². The number of thiocarbonyl (C=S) groups is 1. The van der Waals surface area contributed by atoms with Gasteiger partial charge in [-0.2, -0.15) is 0 Å². The third-order valence-electron chi connectivity index (χ3n) is 3.99. The molecule has 3 rings (SSSR count). The molecule has 3 aromatic rings. The van der Waals surface area contributed by atoms with Crippen LogP contribution in [0.3, 0.4) is 0 Å². The normalized spacial score (nSPS) is 10.2. The molecule has 0 saturated heterocycles. The van der Waals surface area contributed by atoms with Gasteiger partial charge in [0.1, 0.15) is 5.00 Å². The van der Waals surface area contributed by atoms with Crippen molar-refractivity contribution >= 4 is 51.3 Å². The van der Waals surface area contributed by atoms with Crippen LogP contribution in [0.5, 0.6) is 0 Å². The molecule has 0 aliphatic heterocycles. The Hall–Kier alpha value is -3.23. The Balaban J connectivity index is 1.76. The largest absolute Gasteiger partial charge is 0.481 e. The lowest BCUT2D eigenvalue weighted by Crippen LogP contribution is -2.19. The van der Waals surface area contributed by atoms with Crippen LogP contribution in [0.4, 0.5) is 10.7 Å². The maximum Gasteiger partial charge on any atom is 0.340 e. The quantitative estimate of drug-likeness (QED) is 0.391. The highest BCUT2D eigenvalue weighted by Gasteiger charge is 2.18. The lowest BCUT2D eigenvalue weighted by molar-refractivity contribution is -0.136. The molecule has 0 radical (unpaired) electrons. The highest BCUT2D eigenvalue weighted by atomic mass is 32.1. The van der Waals surface area contributed by atoms with E-state index in [4.69, 9.17) is 22.1 Å². The fraction of sp³-hybridized carbons (Fsp3) is 0.0952. The topological polar surface area (TPSA) is 87.7 Å². The minimum Gasteiger partial charge on any atom is -0.481 e. The summed E-state index contributed by atoms with van der Waals surface area (Å²) in [6.45, 7) is 0. The molecular weight excluding hydrogens is 408 g/mol. The second kappa shape index (κ2) is 9.31. The highest BCUT2D eigenvalue weighted by molar-refractivity contribution is 7.80. The summed E-state index contributed by atoms with van der Waals surface area (Å²) in [6, 6.07) is 18.4. The number of nitrogens with one attached hydrogen (secondary N) is 2. The van der Waals surface area contributed by atoms with Gasteiger partial charge in [-0.05, 0) is 41.5 Å². The van der Waals surface area contributed by atoms with Gasteiger partial charge in [-0.1, -0.05) is 42.5 Å². The van der Waals surface area contributed by atoms with Gasteiger partial charge in [0.2, 0.25) is 0 Å². The summed E-state index contributed by atoms with van der Waals surface area (Å²) in [7, 11) is 1.33. The lowest BCUT2D eigenvalue weighted by Gasteiger charge is -2.10. The molecule has 148 valence electrons. The summed E-state index contributed by atoms with van der Waals surface area (Å²) in [5.74, 6) is -1.34. The molecule has 6 nitrogen and oxygen atoms in total. The summed E-state index contributed by atoms with van der Waals surface area (Å²) in [5, 5.41) is 15.8. The predicted molar refractivity (Wildman–Crippen MR) is 119 cm³/mol. The molecule has 8 heteroatoms. The van der Waals surface area contributed by atoms with E-state index in [1.807, 2.05) is 30.3 Å². The second-order valence-corrected chi connectivity index (χ2v) is 7.52. The molecule has 0 bridgehead atoms. The van der Waals surface area contributed by atoms with Crippen LogP contribution in [0.25, 0.3) is 10.4 Å². The van der Waals surface area contributed by atoms with Gasteiger partial charge in [-0.15, -0.1) is 11.3 Å². The number of benzene rings is 2. The van der Waals surface area contributed by atoms with Gasteiger partial charge in [0.05, 0.1) is 19.1 Å². The van der Waals surface area contributed by atoms with Crippen molar-refractivity contribution in [3.8, 4) is 10.4 Å². The molecule has 0 aliphatic rings. The van der Waals surface area contributed by atoms with Crippen molar-refractivity contribution in [1.29, 1.82) is 0 Å². The van der Waals surface area contributed by atoms with Crippen LogP contribution in [-0.4, -0.2) is 29.3 Å². The molecule has 29 heavy (non-hydrogen) atoms. The van der Waals surface area contributed by atoms with Gasteiger partial charge >= 0.3 is 11.9 Å². The van der Waals surface area contributed by atoms with E-state index in [1.165, 1.54) is 18.4 Å². The summed E-state index contributed by atoms with van der Waals surface area (Å²) in [5.41, 5.74) is 2.79. The van der Waals surface area contributed by atoms with Crippen LogP contribution in [-0.2, 0) is 16.0 Å². The average Bonchev–Trinajstić information content (AvgIpc) is 3.13. The number of carbonyl (C=O) groups excluding carboxylic acids is 1. The van der Waals surface area contributed by atoms with Crippen LogP contribution in [0.1, 0.15) is 15.9 Å². The smallest absolute Gasteiger partial charge is 0.340 e. The molecule has 0 spiro atoms. The van der Waals surface area contributed by atoms with E-state index < -0.39 is 11.9 Å². The fourth-order valence-electron chi connectivity index (χ4n) is 2.64. The Kier molecular flexibility index (Phi) is 6.58. The number of carboxylic acid groups (broad SMARTS) is 1. The van der Waals surface area contributed by atoms with E-state index in [2.05, 4.69) is 10.6 Å². The monoisotopic (exact) mass is 426 g/mol. The number of rotatable bonds is 6. The van der Waals surface area contributed by atoms with Crippen molar-refractivity contribution in [3.05, 3.63) is 71.8 Å². The number of carbonyl (C=O) groups is 2. The molecule has 0 atom stereocenters. The molecule has 2 aromatic carbocycles. The molecule has 1 heterocycles. The maximum absolute atomic E-state index is 12.2. The van der Waals surface area contributed by atoms with Gasteiger partial charge in [0, 0.05) is 10.6 Å². The molecule has 0 amide bonds. The average molecular weight is 427 g/mol. The Labute approximate surface area is 177 Å². The van der Waals surface area contributed by atoms with Gasteiger partial charge in [-0.3, -0.25) is 4.79 Å². The molecule has 1 aromatic heterocycles. The number of methoxy groups -OCH3 is 1. The van der Waals surface area contributed by atoms with Gasteiger partial charge < -0.3 is 20.5 Å². The van der Waals surface area contributed by atoms with E-state index in [-0.39, 0.29) is 6.42 Å². The maximum atomic E-state index is 12.2. The van der Waals surface area contributed by atoms with Crippen LogP contribution in [0.15, 0.2) is 60.7 Å². The Bertz CT molecular complexity index is 1030. The van der Waals surface area contributed by atoms with Crippen LogP contribution in [0, 0.1) is 0 Å². The van der Waals surface area contributed by atoms with Crippen LogP contribution >= 0.6 is 23.6 Å². The van der Waals surface area contributed by atoms with E-state index >= 15 is 0 Å². The number of aliphatic carboxylic acids is 1. The Morgan fingerprint density at radius 2 is 1.76 bits per heavy atom. The molecular formula is C21H18N2O4S2. The number of esters is 1. The van der Waals surface area contributed by atoms with Crippen molar-refractivity contribution in [1.82, 2.24) is 0 Å². The van der Waals surface area contributed by atoms with E-state index in [0.29, 0.717) is 26.9 Å². The molecule has 0 unspecified atom stereocenters. The lowest BCUT2D eigenvalue weighted by atomic mass is 10.1. The summed E-state index contributed by atoms with van der Waals surface area (Å²) in [6.07, 6.45) is -0.0388. The Morgan fingerprint density at radius 3 is 2.38 bits per heavy atom. The predicted octanol–water partition coefficient (Wildman–Crippen LogP) is 4.64. The van der Waals surface area contributed by atoms with E-state index in [9.17, 15) is 9.59 Å². The highest BCUT2D eigenvalue weighted by Crippen LogP contribution is 2.36. The van der Waals surface area contributed by atoms with Crippen molar-refractivity contribution in [2.75, 3.05) is 17.7 Å². The first-order valence-corrected chi connectivity index (χ1v) is 9.85. The number of hydrogen-bond acceptors (Lipinski definition) is 5. The number of carboxylic acids is 1. The van der Waals surface area contributed by atoms with Gasteiger partial charge in [0.15, 0.2) is 5.11 Å². The Morgan fingerprint density at radius 1 is 1.07 bits per heavy atom. The van der Waals surface area contributed by atoms with Crippen molar-refractivity contribution < 1.29 is 19.4 Å². The zero-order valence-corrected chi connectivity index (χ0v) is 17.1. The number of thiophene rings is 1. The molecule has 0 saturated carbocycles. The molecule has 3 N–H and O–H groups in total. The third-order valence-corrected chi connectivity index (χ3v) is 5.29. The van der Waals surface area contributed by atoms with Crippen molar-refractivity contribution in [2.24, 2.45) is 0 Å². The minimum absolute atomic E-state index is 0.0388. The van der Waals surface area contributed by atoms with E-state index in [1.54, 1.807) is 30.3 Å². The zero-order valence-electron chi connectivity index (χ0n) is 15.5. The summed E-state index contributed by atoms with van der Waals surface area (Å²) < 4.78 is 4.89. The number of hydrogen-bond donors (Lipinski definition) is 3. The van der Waals surface area contributed by atoms with Crippen LogP contribution < -0.4 is 10.6 Å². The molecule has 0 fully saturated rings.